The Morgan fingerprint density at radius 3 is 2.50 bits per heavy atom. The van der Waals surface area contributed by atoms with Crippen LogP contribution in [-0.2, 0) is 4.74 Å². The zero-order valence-corrected chi connectivity index (χ0v) is 7.98. The molecule has 3 heteroatoms. The molecule has 0 spiro atoms. The first-order valence-electron chi connectivity index (χ1n) is 4.54. The van der Waals surface area contributed by atoms with Gasteiger partial charge in [0.1, 0.15) is 5.67 Å². The van der Waals surface area contributed by atoms with Crippen molar-refractivity contribution in [3.05, 3.63) is 0 Å². The highest BCUT2D eigenvalue weighted by Crippen LogP contribution is 2.24. The SMILES string of the molecule is COCCN1CCC(C)(F)CC1. The molecule has 0 aromatic heterocycles. The first-order valence-corrected chi connectivity index (χ1v) is 4.54. The van der Waals surface area contributed by atoms with Crippen LogP contribution in [0.2, 0.25) is 0 Å². The number of methoxy groups -OCH3 is 1. The second kappa shape index (κ2) is 4.19. The van der Waals surface area contributed by atoms with Crippen molar-refractivity contribution in [2.75, 3.05) is 33.4 Å². The average Bonchev–Trinajstić information content (AvgIpc) is 2.03. The molecule has 1 saturated heterocycles. The number of hydrogen-bond donors (Lipinski definition) is 0. The van der Waals surface area contributed by atoms with E-state index in [0.717, 1.165) is 26.2 Å². The van der Waals surface area contributed by atoms with Gasteiger partial charge >= 0.3 is 0 Å². The van der Waals surface area contributed by atoms with Crippen LogP contribution in [0, 0.1) is 0 Å². The van der Waals surface area contributed by atoms with Gasteiger partial charge < -0.3 is 9.64 Å². The molecule has 1 fully saturated rings. The quantitative estimate of drug-likeness (QED) is 0.644. The van der Waals surface area contributed by atoms with Crippen LogP contribution in [0.1, 0.15) is 19.8 Å². The van der Waals surface area contributed by atoms with Crippen molar-refractivity contribution in [3.8, 4) is 0 Å². The second-order valence-corrected chi connectivity index (χ2v) is 3.75. The lowest BCUT2D eigenvalue weighted by Gasteiger charge is -2.33. The normalized spacial score (nSPS) is 24.2. The molecule has 0 saturated carbocycles. The summed E-state index contributed by atoms with van der Waals surface area (Å²) in [5.41, 5.74) is -0.927. The summed E-state index contributed by atoms with van der Waals surface area (Å²) in [4.78, 5) is 2.25. The summed E-state index contributed by atoms with van der Waals surface area (Å²) in [5, 5.41) is 0. The number of alkyl halides is 1. The fraction of sp³-hybridized carbons (Fsp3) is 1.00. The molecule has 2 nitrogen and oxygen atoms in total. The molecule has 0 aliphatic carbocycles. The summed E-state index contributed by atoms with van der Waals surface area (Å²) in [6.07, 6.45) is 1.33. The molecule has 0 amide bonds. The van der Waals surface area contributed by atoms with Gasteiger partial charge in [0.2, 0.25) is 0 Å². The van der Waals surface area contributed by atoms with Crippen LogP contribution in [0.5, 0.6) is 0 Å². The Bertz CT molecular complexity index is 128. The van der Waals surface area contributed by atoms with Gasteiger partial charge in [-0.2, -0.15) is 0 Å². The van der Waals surface area contributed by atoms with Gasteiger partial charge in [0.05, 0.1) is 6.61 Å². The summed E-state index contributed by atoms with van der Waals surface area (Å²) in [7, 11) is 1.70. The smallest absolute Gasteiger partial charge is 0.110 e. The van der Waals surface area contributed by atoms with E-state index >= 15 is 0 Å². The average molecular weight is 175 g/mol. The maximum absolute atomic E-state index is 13.3. The van der Waals surface area contributed by atoms with Crippen molar-refractivity contribution in [1.82, 2.24) is 4.90 Å². The van der Waals surface area contributed by atoms with Gasteiger partial charge in [-0.1, -0.05) is 0 Å². The summed E-state index contributed by atoms with van der Waals surface area (Å²) >= 11 is 0. The molecular formula is C9H18FNO. The lowest BCUT2D eigenvalue weighted by atomic mass is 9.96. The van der Waals surface area contributed by atoms with Crippen LogP contribution < -0.4 is 0 Å². The van der Waals surface area contributed by atoms with Gasteiger partial charge in [0.25, 0.3) is 0 Å². The number of rotatable bonds is 3. The van der Waals surface area contributed by atoms with Crippen molar-refractivity contribution in [3.63, 3.8) is 0 Å². The van der Waals surface area contributed by atoms with E-state index in [0.29, 0.717) is 12.8 Å². The lowest BCUT2D eigenvalue weighted by Crippen LogP contribution is -2.41. The zero-order valence-electron chi connectivity index (χ0n) is 7.98. The highest BCUT2D eigenvalue weighted by molar-refractivity contribution is 4.81. The van der Waals surface area contributed by atoms with Crippen molar-refractivity contribution >= 4 is 0 Å². The molecule has 0 N–H and O–H groups in total. The van der Waals surface area contributed by atoms with Crippen LogP contribution in [-0.4, -0.2) is 43.9 Å². The molecule has 0 aromatic carbocycles. The monoisotopic (exact) mass is 175 g/mol. The topological polar surface area (TPSA) is 12.5 Å². The Balaban J connectivity index is 2.18. The number of nitrogens with zero attached hydrogens (tertiary/aromatic N) is 1. The minimum atomic E-state index is -0.927. The summed E-state index contributed by atoms with van der Waals surface area (Å²) < 4.78 is 18.3. The van der Waals surface area contributed by atoms with Gasteiger partial charge in [0, 0.05) is 26.7 Å². The number of hydrogen-bond acceptors (Lipinski definition) is 2. The van der Waals surface area contributed by atoms with Crippen LogP contribution in [0.25, 0.3) is 0 Å². The van der Waals surface area contributed by atoms with E-state index in [1.807, 2.05) is 0 Å². The molecule has 0 atom stereocenters. The standard InChI is InChI=1S/C9H18FNO/c1-9(10)3-5-11(6-4-9)7-8-12-2/h3-8H2,1-2H3. The van der Waals surface area contributed by atoms with E-state index in [1.54, 1.807) is 14.0 Å². The Morgan fingerprint density at radius 1 is 1.42 bits per heavy atom. The van der Waals surface area contributed by atoms with Crippen LogP contribution in [0.15, 0.2) is 0 Å². The second-order valence-electron chi connectivity index (χ2n) is 3.75. The minimum Gasteiger partial charge on any atom is -0.383 e. The molecule has 12 heavy (non-hydrogen) atoms. The summed E-state index contributed by atoms with van der Waals surface area (Å²) in [6, 6.07) is 0. The maximum Gasteiger partial charge on any atom is 0.110 e. The molecule has 0 aromatic rings. The third kappa shape index (κ3) is 3.07. The first-order chi connectivity index (χ1) is 5.64. The van der Waals surface area contributed by atoms with E-state index < -0.39 is 5.67 Å². The molecule has 0 unspecified atom stereocenters. The first kappa shape index (κ1) is 9.93. The molecular weight excluding hydrogens is 157 g/mol. The third-order valence-corrected chi connectivity index (χ3v) is 2.51. The number of halogens is 1. The number of piperidine rings is 1. The van der Waals surface area contributed by atoms with E-state index in [2.05, 4.69) is 4.90 Å². The summed E-state index contributed by atoms with van der Waals surface area (Å²) in [6.45, 7) is 5.13. The van der Waals surface area contributed by atoms with E-state index in [9.17, 15) is 4.39 Å². The molecule has 0 radical (unpaired) electrons. The van der Waals surface area contributed by atoms with E-state index in [1.165, 1.54) is 0 Å². The molecule has 0 bridgehead atoms. The predicted molar refractivity (Wildman–Crippen MR) is 47.1 cm³/mol. The Labute approximate surface area is 73.7 Å². The van der Waals surface area contributed by atoms with Gasteiger partial charge in [-0.3, -0.25) is 0 Å². The summed E-state index contributed by atoms with van der Waals surface area (Å²) in [5.74, 6) is 0. The number of likely N-dealkylation sites (tertiary alicyclic amines) is 1. The van der Waals surface area contributed by atoms with E-state index in [4.69, 9.17) is 4.74 Å². The van der Waals surface area contributed by atoms with Gasteiger partial charge in [-0.15, -0.1) is 0 Å². The fourth-order valence-electron chi connectivity index (χ4n) is 1.46. The highest BCUT2D eigenvalue weighted by atomic mass is 19.1. The van der Waals surface area contributed by atoms with Gasteiger partial charge in [-0.25, -0.2) is 4.39 Å². The van der Waals surface area contributed by atoms with Crippen LogP contribution in [0.4, 0.5) is 4.39 Å². The zero-order chi connectivity index (χ0) is 9.03. The van der Waals surface area contributed by atoms with E-state index in [-0.39, 0.29) is 0 Å². The Morgan fingerprint density at radius 2 is 2.00 bits per heavy atom. The Kier molecular flexibility index (Phi) is 3.47. The Hall–Kier alpha value is -0.150. The van der Waals surface area contributed by atoms with Crippen LogP contribution in [0.3, 0.4) is 0 Å². The lowest BCUT2D eigenvalue weighted by molar-refractivity contribution is 0.0582. The molecule has 1 aliphatic heterocycles. The van der Waals surface area contributed by atoms with Gasteiger partial charge in [-0.05, 0) is 19.8 Å². The van der Waals surface area contributed by atoms with Crippen molar-refractivity contribution in [2.45, 2.75) is 25.4 Å². The van der Waals surface area contributed by atoms with Crippen molar-refractivity contribution < 1.29 is 9.13 Å². The maximum atomic E-state index is 13.3. The molecule has 1 rings (SSSR count). The predicted octanol–water partition coefficient (Wildman–Crippen LogP) is 1.46. The largest absolute Gasteiger partial charge is 0.383 e. The minimum absolute atomic E-state index is 0.663. The van der Waals surface area contributed by atoms with Gasteiger partial charge in [0.15, 0.2) is 0 Å². The van der Waals surface area contributed by atoms with Crippen LogP contribution >= 0.6 is 0 Å². The molecule has 1 aliphatic rings. The fourth-order valence-corrected chi connectivity index (χ4v) is 1.46. The van der Waals surface area contributed by atoms with Crippen molar-refractivity contribution in [1.29, 1.82) is 0 Å². The number of ether oxygens (including phenoxy) is 1. The highest BCUT2D eigenvalue weighted by Gasteiger charge is 2.28. The van der Waals surface area contributed by atoms with Crippen molar-refractivity contribution in [2.24, 2.45) is 0 Å². The molecule has 1 heterocycles. The third-order valence-electron chi connectivity index (χ3n) is 2.51. The molecule has 72 valence electrons.